The first-order valence-corrected chi connectivity index (χ1v) is 5.27. The minimum absolute atomic E-state index is 0.155. The molecule has 1 aliphatic heterocycles. The van der Waals surface area contributed by atoms with Crippen LogP contribution in [0, 0.1) is 5.95 Å². The zero-order valence-corrected chi connectivity index (χ0v) is 8.86. The maximum atomic E-state index is 12.9. The van der Waals surface area contributed by atoms with Gasteiger partial charge in [0.25, 0.3) is 5.91 Å². The quantitative estimate of drug-likeness (QED) is 0.670. The van der Waals surface area contributed by atoms with Gasteiger partial charge in [-0.1, -0.05) is 6.07 Å². The van der Waals surface area contributed by atoms with Crippen molar-refractivity contribution in [2.45, 2.75) is 6.42 Å². The van der Waals surface area contributed by atoms with Gasteiger partial charge in [-0.3, -0.25) is 4.79 Å². The summed E-state index contributed by atoms with van der Waals surface area (Å²) in [5.74, 6) is -0.859. The molecule has 1 amide bonds. The van der Waals surface area contributed by atoms with Crippen molar-refractivity contribution in [2.24, 2.45) is 0 Å². The van der Waals surface area contributed by atoms with Gasteiger partial charge in [0.1, 0.15) is 5.69 Å². The summed E-state index contributed by atoms with van der Waals surface area (Å²) in [5.41, 5.74) is 0.155. The highest BCUT2D eigenvalue weighted by Crippen LogP contribution is 2.06. The van der Waals surface area contributed by atoms with Crippen LogP contribution in [0.3, 0.4) is 0 Å². The van der Waals surface area contributed by atoms with Crippen molar-refractivity contribution in [3.8, 4) is 0 Å². The van der Waals surface area contributed by atoms with Gasteiger partial charge in [0.2, 0.25) is 5.95 Å². The van der Waals surface area contributed by atoms with Crippen molar-refractivity contribution >= 4 is 5.91 Å². The average molecular weight is 224 g/mol. The van der Waals surface area contributed by atoms with Gasteiger partial charge in [-0.15, -0.1) is 0 Å². The molecule has 2 rings (SSSR count). The molecule has 0 N–H and O–H groups in total. The van der Waals surface area contributed by atoms with E-state index in [2.05, 4.69) is 4.98 Å². The molecular weight excluding hydrogens is 211 g/mol. The number of carbonyl (C=O) groups is 1. The summed E-state index contributed by atoms with van der Waals surface area (Å²) in [6.45, 7) is 2.37. The Balaban J connectivity index is 2.11. The normalized spacial score (nSPS) is 16.9. The van der Waals surface area contributed by atoms with Crippen molar-refractivity contribution in [2.75, 3.05) is 26.3 Å². The van der Waals surface area contributed by atoms with Gasteiger partial charge in [-0.05, 0) is 18.6 Å². The molecule has 0 atom stereocenters. The minimum Gasteiger partial charge on any atom is -0.380 e. The molecule has 0 aromatic carbocycles. The first-order valence-electron chi connectivity index (χ1n) is 5.27. The van der Waals surface area contributed by atoms with Crippen LogP contribution in [0.25, 0.3) is 0 Å². The Labute approximate surface area is 93.0 Å². The lowest BCUT2D eigenvalue weighted by Gasteiger charge is -2.18. The molecule has 2 heterocycles. The smallest absolute Gasteiger partial charge is 0.272 e. The second kappa shape index (κ2) is 5.03. The number of carbonyl (C=O) groups excluding carboxylic acids is 1. The molecule has 5 heteroatoms. The van der Waals surface area contributed by atoms with Crippen LogP contribution in [-0.4, -0.2) is 42.1 Å². The predicted molar refractivity (Wildman–Crippen MR) is 55.5 cm³/mol. The van der Waals surface area contributed by atoms with E-state index in [0.29, 0.717) is 26.3 Å². The molecule has 1 fully saturated rings. The van der Waals surface area contributed by atoms with Gasteiger partial charge in [-0.25, -0.2) is 4.98 Å². The second-order valence-corrected chi connectivity index (χ2v) is 3.60. The number of hydrogen-bond donors (Lipinski definition) is 0. The molecular formula is C11H13FN2O2. The zero-order valence-electron chi connectivity index (χ0n) is 8.86. The number of halogens is 1. The summed E-state index contributed by atoms with van der Waals surface area (Å²) in [6, 6.07) is 4.24. The highest BCUT2D eigenvalue weighted by molar-refractivity contribution is 5.92. The maximum absolute atomic E-state index is 12.9. The Morgan fingerprint density at radius 3 is 3.06 bits per heavy atom. The predicted octanol–water partition coefficient (Wildman–Crippen LogP) is 1.08. The lowest BCUT2D eigenvalue weighted by atomic mass is 10.3. The standard InChI is InChI=1S/C11H13FN2O2/c12-10-4-1-3-9(13-10)11(15)14-5-2-7-16-8-6-14/h1,3-4H,2,5-8H2. The number of aromatic nitrogens is 1. The Morgan fingerprint density at radius 1 is 1.38 bits per heavy atom. The van der Waals surface area contributed by atoms with Crippen LogP contribution in [0.1, 0.15) is 16.9 Å². The number of amides is 1. The molecule has 16 heavy (non-hydrogen) atoms. The Bertz CT molecular complexity index is 376. The number of pyridine rings is 1. The molecule has 0 saturated carbocycles. The fourth-order valence-electron chi connectivity index (χ4n) is 1.64. The highest BCUT2D eigenvalue weighted by Gasteiger charge is 2.18. The van der Waals surface area contributed by atoms with E-state index in [1.165, 1.54) is 18.2 Å². The van der Waals surface area contributed by atoms with E-state index in [0.717, 1.165) is 6.42 Å². The summed E-state index contributed by atoms with van der Waals surface area (Å²) in [6.07, 6.45) is 0.807. The van der Waals surface area contributed by atoms with Crippen molar-refractivity contribution in [3.63, 3.8) is 0 Å². The second-order valence-electron chi connectivity index (χ2n) is 3.60. The molecule has 4 nitrogen and oxygen atoms in total. The molecule has 1 aromatic heterocycles. The lowest BCUT2D eigenvalue weighted by Crippen LogP contribution is -2.33. The first-order chi connectivity index (χ1) is 7.77. The molecule has 0 radical (unpaired) electrons. The Hall–Kier alpha value is -1.49. The maximum Gasteiger partial charge on any atom is 0.272 e. The van der Waals surface area contributed by atoms with Gasteiger partial charge in [0.05, 0.1) is 6.61 Å². The SMILES string of the molecule is O=C(c1cccc(F)n1)N1CCCOCC1. The van der Waals surface area contributed by atoms with E-state index in [1.807, 2.05) is 0 Å². The third kappa shape index (κ3) is 2.55. The van der Waals surface area contributed by atoms with E-state index in [4.69, 9.17) is 4.74 Å². The number of nitrogens with zero attached hydrogens (tertiary/aromatic N) is 2. The number of rotatable bonds is 1. The molecule has 1 aliphatic rings. The average Bonchev–Trinajstić information content (AvgIpc) is 2.56. The fraction of sp³-hybridized carbons (Fsp3) is 0.455. The van der Waals surface area contributed by atoms with Crippen LogP contribution < -0.4 is 0 Å². The zero-order chi connectivity index (χ0) is 11.4. The molecule has 1 aromatic rings. The molecule has 1 saturated heterocycles. The summed E-state index contributed by atoms with van der Waals surface area (Å²) in [5, 5.41) is 0. The van der Waals surface area contributed by atoms with Crippen molar-refractivity contribution in [3.05, 3.63) is 29.8 Å². The van der Waals surface area contributed by atoms with Crippen LogP contribution >= 0.6 is 0 Å². The van der Waals surface area contributed by atoms with E-state index in [9.17, 15) is 9.18 Å². The Morgan fingerprint density at radius 2 is 2.25 bits per heavy atom. The van der Waals surface area contributed by atoms with Crippen LogP contribution in [0.2, 0.25) is 0 Å². The number of ether oxygens (including phenoxy) is 1. The van der Waals surface area contributed by atoms with E-state index < -0.39 is 5.95 Å². The molecule has 0 aliphatic carbocycles. The first kappa shape index (κ1) is 11.0. The minimum atomic E-state index is -0.628. The van der Waals surface area contributed by atoms with E-state index in [-0.39, 0.29) is 11.6 Å². The van der Waals surface area contributed by atoms with Gasteiger partial charge >= 0.3 is 0 Å². The third-order valence-electron chi connectivity index (χ3n) is 2.44. The molecule has 0 bridgehead atoms. The van der Waals surface area contributed by atoms with Gasteiger partial charge in [0.15, 0.2) is 0 Å². The largest absolute Gasteiger partial charge is 0.380 e. The van der Waals surface area contributed by atoms with Gasteiger partial charge in [-0.2, -0.15) is 4.39 Å². The topological polar surface area (TPSA) is 42.4 Å². The summed E-state index contributed by atoms with van der Waals surface area (Å²) in [7, 11) is 0. The van der Waals surface area contributed by atoms with Gasteiger partial charge in [0, 0.05) is 19.7 Å². The summed E-state index contributed by atoms with van der Waals surface area (Å²) < 4.78 is 18.1. The highest BCUT2D eigenvalue weighted by atomic mass is 19.1. The molecule has 86 valence electrons. The Kier molecular flexibility index (Phi) is 3.46. The van der Waals surface area contributed by atoms with Crippen LogP contribution in [0.4, 0.5) is 4.39 Å². The van der Waals surface area contributed by atoms with Crippen LogP contribution in [0.15, 0.2) is 18.2 Å². The van der Waals surface area contributed by atoms with E-state index >= 15 is 0 Å². The van der Waals surface area contributed by atoms with Crippen molar-refractivity contribution in [1.82, 2.24) is 9.88 Å². The summed E-state index contributed by atoms with van der Waals surface area (Å²) in [4.78, 5) is 17.2. The van der Waals surface area contributed by atoms with Crippen LogP contribution in [-0.2, 0) is 4.74 Å². The third-order valence-corrected chi connectivity index (χ3v) is 2.44. The van der Waals surface area contributed by atoms with Crippen LogP contribution in [0.5, 0.6) is 0 Å². The van der Waals surface area contributed by atoms with Crippen molar-refractivity contribution < 1.29 is 13.9 Å². The van der Waals surface area contributed by atoms with Crippen molar-refractivity contribution in [1.29, 1.82) is 0 Å². The van der Waals surface area contributed by atoms with Gasteiger partial charge < -0.3 is 9.64 Å². The summed E-state index contributed by atoms with van der Waals surface area (Å²) >= 11 is 0. The molecule has 0 unspecified atom stereocenters. The number of hydrogen-bond acceptors (Lipinski definition) is 3. The fourth-order valence-corrected chi connectivity index (χ4v) is 1.64. The molecule has 0 spiro atoms. The monoisotopic (exact) mass is 224 g/mol. The van der Waals surface area contributed by atoms with E-state index in [1.54, 1.807) is 4.90 Å². The lowest BCUT2D eigenvalue weighted by molar-refractivity contribution is 0.0734.